The molecule has 0 aliphatic rings. The summed E-state index contributed by atoms with van der Waals surface area (Å²) in [6.45, 7) is 2.17. The van der Waals surface area contributed by atoms with Gasteiger partial charge in [-0.3, -0.25) is 4.79 Å². The highest BCUT2D eigenvalue weighted by atomic mass is 79.9. The molecule has 0 heterocycles. The van der Waals surface area contributed by atoms with Crippen molar-refractivity contribution in [2.75, 3.05) is 5.32 Å². The van der Waals surface area contributed by atoms with Gasteiger partial charge < -0.3 is 5.32 Å². The molecule has 0 saturated heterocycles. The van der Waals surface area contributed by atoms with Gasteiger partial charge in [0.1, 0.15) is 0 Å². The number of amides is 1. The van der Waals surface area contributed by atoms with Gasteiger partial charge in [-0.25, -0.2) is 0 Å². The van der Waals surface area contributed by atoms with Crippen molar-refractivity contribution in [3.05, 3.63) is 40.9 Å². The van der Waals surface area contributed by atoms with E-state index >= 15 is 0 Å². The second-order valence-corrected chi connectivity index (χ2v) is 5.85. The van der Waals surface area contributed by atoms with Gasteiger partial charge >= 0.3 is 0 Å². The van der Waals surface area contributed by atoms with E-state index in [-0.39, 0.29) is 5.91 Å². The maximum absolute atomic E-state index is 12.0. The first-order valence-electron chi connectivity index (χ1n) is 7.19. The molecule has 0 saturated carbocycles. The molecule has 1 amide bonds. The van der Waals surface area contributed by atoms with Crippen LogP contribution < -0.4 is 5.32 Å². The van der Waals surface area contributed by atoms with E-state index in [0.717, 1.165) is 33.8 Å². The van der Waals surface area contributed by atoms with E-state index in [2.05, 4.69) is 34.2 Å². The summed E-state index contributed by atoms with van der Waals surface area (Å²) in [5, 5.41) is 5.22. The number of halogens is 1. The van der Waals surface area contributed by atoms with Crippen LogP contribution in [0.2, 0.25) is 0 Å². The Balaban J connectivity index is 2.06. The molecule has 0 aliphatic heterocycles. The summed E-state index contributed by atoms with van der Waals surface area (Å²) in [7, 11) is 0. The molecule has 0 spiro atoms. The number of carbonyl (C=O) groups excluding carboxylic acids is 1. The van der Waals surface area contributed by atoms with Crippen LogP contribution in [0.15, 0.2) is 40.9 Å². The fraction of sp³-hybridized carbons (Fsp3) is 0.353. The second kappa shape index (κ2) is 7.44. The number of fused-ring (bicyclic) bond motifs is 1. The van der Waals surface area contributed by atoms with Crippen LogP contribution in [-0.4, -0.2) is 5.91 Å². The lowest BCUT2D eigenvalue weighted by Gasteiger charge is -2.10. The Kier molecular flexibility index (Phi) is 5.60. The third-order valence-electron chi connectivity index (χ3n) is 3.40. The molecule has 3 heteroatoms. The monoisotopic (exact) mass is 333 g/mol. The van der Waals surface area contributed by atoms with Crippen LogP contribution in [0, 0.1) is 0 Å². The predicted molar refractivity (Wildman–Crippen MR) is 89.0 cm³/mol. The minimum atomic E-state index is 0.105. The maximum atomic E-state index is 12.0. The Labute approximate surface area is 128 Å². The Hall–Kier alpha value is -1.35. The number of hydrogen-bond donors (Lipinski definition) is 1. The van der Waals surface area contributed by atoms with Gasteiger partial charge in [0.05, 0.1) is 0 Å². The normalized spacial score (nSPS) is 10.7. The van der Waals surface area contributed by atoms with E-state index in [4.69, 9.17) is 0 Å². The zero-order chi connectivity index (χ0) is 14.4. The zero-order valence-corrected chi connectivity index (χ0v) is 13.4. The van der Waals surface area contributed by atoms with Gasteiger partial charge in [-0.15, -0.1) is 0 Å². The first-order valence-corrected chi connectivity index (χ1v) is 7.98. The Bertz CT molecular complexity index is 595. The maximum Gasteiger partial charge on any atom is 0.224 e. The Morgan fingerprint density at radius 3 is 2.55 bits per heavy atom. The Morgan fingerprint density at radius 2 is 1.80 bits per heavy atom. The SMILES string of the molecule is CCCCCCC(=O)Nc1ccc(Br)c2ccccc12. The molecule has 0 fully saturated rings. The lowest BCUT2D eigenvalue weighted by Crippen LogP contribution is -2.11. The average Bonchev–Trinajstić information content (AvgIpc) is 2.47. The summed E-state index contributed by atoms with van der Waals surface area (Å²) in [6, 6.07) is 12.0. The van der Waals surface area contributed by atoms with Crippen LogP contribution in [0.4, 0.5) is 5.69 Å². The van der Waals surface area contributed by atoms with E-state index in [1.807, 2.05) is 30.3 Å². The van der Waals surface area contributed by atoms with Crippen molar-refractivity contribution in [2.24, 2.45) is 0 Å². The van der Waals surface area contributed by atoms with Gasteiger partial charge in [-0.1, -0.05) is 66.4 Å². The summed E-state index contributed by atoms with van der Waals surface area (Å²) >= 11 is 3.54. The van der Waals surface area contributed by atoms with Gasteiger partial charge in [0.2, 0.25) is 5.91 Å². The van der Waals surface area contributed by atoms with Crippen LogP contribution in [0.25, 0.3) is 10.8 Å². The summed E-state index contributed by atoms with van der Waals surface area (Å²) in [5.41, 5.74) is 0.893. The molecule has 0 aromatic heterocycles. The minimum absolute atomic E-state index is 0.105. The molecule has 1 N–H and O–H groups in total. The first kappa shape index (κ1) is 15.0. The number of rotatable bonds is 6. The summed E-state index contributed by atoms with van der Waals surface area (Å²) in [6.07, 6.45) is 5.09. The number of nitrogens with one attached hydrogen (secondary N) is 1. The molecule has 106 valence electrons. The molecule has 2 nitrogen and oxygen atoms in total. The standard InChI is InChI=1S/C17H20BrNO/c1-2-3-4-5-10-17(20)19-16-12-11-15(18)13-8-6-7-9-14(13)16/h6-9,11-12H,2-5,10H2,1H3,(H,19,20). The van der Waals surface area contributed by atoms with Crippen molar-refractivity contribution < 1.29 is 4.79 Å². The van der Waals surface area contributed by atoms with E-state index in [9.17, 15) is 4.79 Å². The van der Waals surface area contributed by atoms with Gasteiger partial charge in [0.15, 0.2) is 0 Å². The molecular formula is C17H20BrNO. The number of carbonyl (C=O) groups is 1. The highest BCUT2D eigenvalue weighted by Gasteiger charge is 2.07. The van der Waals surface area contributed by atoms with Crippen molar-refractivity contribution in [3.8, 4) is 0 Å². The van der Waals surface area contributed by atoms with Crippen LogP contribution >= 0.6 is 15.9 Å². The molecule has 0 unspecified atom stereocenters. The smallest absolute Gasteiger partial charge is 0.224 e. The lowest BCUT2D eigenvalue weighted by molar-refractivity contribution is -0.116. The van der Waals surface area contributed by atoms with Gasteiger partial charge in [-0.05, 0) is 23.9 Å². The molecule has 0 radical (unpaired) electrons. The molecule has 0 bridgehead atoms. The van der Waals surface area contributed by atoms with Crippen LogP contribution in [0.1, 0.15) is 39.0 Å². The zero-order valence-electron chi connectivity index (χ0n) is 11.8. The first-order chi connectivity index (χ1) is 9.72. The van der Waals surface area contributed by atoms with Crippen molar-refractivity contribution in [2.45, 2.75) is 39.0 Å². The third kappa shape index (κ3) is 3.83. The molecule has 2 rings (SSSR count). The van der Waals surface area contributed by atoms with E-state index in [0.29, 0.717) is 6.42 Å². The van der Waals surface area contributed by atoms with Gasteiger partial charge in [0.25, 0.3) is 0 Å². The lowest BCUT2D eigenvalue weighted by atomic mass is 10.1. The van der Waals surface area contributed by atoms with Gasteiger partial charge in [-0.2, -0.15) is 0 Å². The fourth-order valence-corrected chi connectivity index (χ4v) is 2.77. The number of hydrogen-bond acceptors (Lipinski definition) is 1. The minimum Gasteiger partial charge on any atom is -0.326 e. The quantitative estimate of drug-likeness (QED) is 0.693. The molecule has 0 atom stereocenters. The van der Waals surface area contributed by atoms with Crippen molar-refractivity contribution in [1.29, 1.82) is 0 Å². The Morgan fingerprint density at radius 1 is 1.05 bits per heavy atom. The van der Waals surface area contributed by atoms with Crippen LogP contribution in [0.5, 0.6) is 0 Å². The largest absolute Gasteiger partial charge is 0.326 e. The number of benzene rings is 2. The van der Waals surface area contributed by atoms with E-state index < -0.39 is 0 Å². The highest BCUT2D eigenvalue weighted by Crippen LogP contribution is 2.30. The van der Waals surface area contributed by atoms with Gasteiger partial charge in [0, 0.05) is 22.0 Å². The molecule has 0 aliphatic carbocycles. The number of anilines is 1. The molecular weight excluding hydrogens is 314 g/mol. The van der Waals surface area contributed by atoms with E-state index in [1.54, 1.807) is 0 Å². The summed E-state index contributed by atoms with van der Waals surface area (Å²) < 4.78 is 1.05. The molecule has 2 aromatic carbocycles. The van der Waals surface area contributed by atoms with Crippen molar-refractivity contribution >= 4 is 38.3 Å². The second-order valence-electron chi connectivity index (χ2n) is 5.00. The van der Waals surface area contributed by atoms with E-state index in [1.165, 1.54) is 12.8 Å². The highest BCUT2D eigenvalue weighted by molar-refractivity contribution is 9.10. The average molecular weight is 334 g/mol. The van der Waals surface area contributed by atoms with Crippen molar-refractivity contribution in [1.82, 2.24) is 0 Å². The summed E-state index contributed by atoms with van der Waals surface area (Å²) in [4.78, 5) is 12.0. The molecule has 2 aromatic rings. The summed E-state index contributed by atoms with van der Waals surface area (Å²) in [5.74, 6) is 0.105. The van der Waals surface area contributed by atoms with Crippen LogP contribution in [-0.2, 0) is 4.79 Å². The number of unbranched alkanes of at least 4 members (excludes halogenated alkanes) is 3. The topological polar surface area (TPSA) is 29.1 Å². The van der Waals surface area contributed by atoms with Crippen LogP contribution in [0.3, 0.4) is 0 Å². The molecule has 20 heavy (non-hydrogen) atoms. The fourth-order valence-electron chi connectivity index (χ4n) is 2.30. The van der Waals surface area contributed by atoms with Crippen molar-refractivity contribution in [3.63, 3.8) is 0 Å². The predicted octanol–water partition coefficient (Wildman–Crippen LogP) is 5.51. The third-order valence-corrected chi connectivity index (χ3v) is 4.09.